The van der Waals surface area contributed by atoms with E-state index in [4.69, 9.17) is 14.2 Å². The molecule has 0 amide bonds. The summed E-state index contributed by atoms with van der Waals surface area (Å²) in [7, 11) is 3.39. The fraction of sp³-hybridized carbons (Fsp3) is 0.600. The van der Waals surface area contributed by atoms with Crippen molar-refractivity contribution in [3.05, 3.63) is 23.8 Å². The summed E-state index contributed by atoms with van der Waals surface area (Å²) in [5, 5.41) is 3.31. The average Bonchev–Trinajstić information content (AvgIpc) is 2.45. The van der Waals surface area contributed by atoms with Gasteiger partial charge < -0.3 is 19.5 Å². The van der Waals surface area contributed by atoms with Crippen LogP contribution in [0.25, 0.3) is 0 Å². The molecule has 19 heavy (non-hydrogen) atoms. The second-order valence-corrected chi connectivity index (χ2v) is 4.30. The zero-order valence-electron chi connectivity index (χ0n) is 12.2. The quantitative estimate of drug-likeness (QED) is 0.661. The fourth-order valence-corrected chi connectivity index (χ4v) is 1.73. The summed E-state index contributed by atoms with van der Waals surface area (Å²) in [5.74, 6) is 1.73. The van der Waals surface area contributed by atoms with Gasteiger partial charge in [-0.1, -0.05) is 13.0 Å². The minimum Gasteiger partial charge on any atom is -0.497 e. The Morgan fingerprint density at radius 2 is 1.89 bits per heavy atom. The Hall–Kier alpha value is -1.26. The molecule has 1 aromatic carbocycles. The molecule has 0 fully saturated rings. The van der Waals surface area contributed by atoms with Gasteiger partial charge in [-0.25, -0.2) is 0 Å². The van der Waals surface area contributed by atoms with Crippen LogP contribution < -0.4 is 14.8 Å². The first-order valence-corrected chi connectivity index (χ1v) is 6.81. The lowest BCUT2D eigenvalue weighted by atomic mass is 10.2. The second-order valence-electron chi connectivity index (χ2n) is 4.30. The van der Waals surface area contributed by atoms with E-state index in [0.29, 0.717) is 6.61 Å². The van der Waals surface area contributed by atoms with Crippen molar-refractivity contribution < 1.29 is 14.2 Å². The molecule has 0 aliphatic heterocycles. The molecule has 4 nitrogen and oxygen atoms in total. The average molecular weight is 267 g/mol. The lowest BCUT2D eigenvalue weighted by Crippen LogP contribution is -2.13. The molecule has 0 aliphatic carbocycles. The van der Waals surface area contributed by atoms with Crippen molar-refractivity contribution in [2.75, 3.05) is 34.0 Å². The summed E-state index contributed by atoms with van der Waals surface area (Å²) in [4.78, 5) is 0. The van der Waals surface area contributed by atoms with Crippen LogP contribution in [0.1, 0.15) is 25.3 Å². The molecule has 0 aliphatic rings. The van der Waals surface area contributed by atoms with E-state index in [0.717, 1.165) is 49.6 Å². The maximum absolute atomic E-state index is 5.85. The molecular formula is C15H25NO3. The molecule has 0 spiro atoms. The SMILES string of the molecule is CCNCc1ccc(OC)cc1OCCCCOC. The summed E-state index contributed by atoms with van der Waals surface area (Å²) in [6.45, 7) is 5.34. The van der Waals surface area contributed by atoms with E-state index in [-0.39, 0.29) is 0 Å². The van der Waals surface area contributed by atoms with Crippen molar-refractivity contribution in [3.63, 3.8) is 0 Å². The van der Waals surface area contributed by atoms with Crippen LogP contribution in [0.2, 0.25) is 0 Å². The molecule has 0 saturated heterocycles. The summed E-state index contributed by atoms with van der Waals surface area (Å²) in [6, 6.07) is 5.96. The Labute approximate surface area is 116 Å². The fourth-order valence-electron chi connectivity index (χ4n) is 1.73. The molecule has 4 heteroatoms. The van der Waals surface area contributed by atoms with Gasteiger partial charge in [-0.2, -0.15) is 0 Å². The van der Waals surface area contributed by atoms with Crippen molar-refractivity contribution >= 4 is 0 Å². The van der Waals surface area contributed by atoms with Gasteiger partial charge in [0.2, 0.25) is 0 Å². The molecule has 0 unspecified atom stereocenters. The molecule has 1 rings (SSSR count). The Bertz CT molecular complexity index is 355. The van der Waals surface area contributed by atoms with Gasteiger partial charge >= 0.3 is 0 Å². The number of hydrogen-bond donors (Lipinski definition) is 1. The van der Waals surface area contributed by atoms with Crippen molar-refractivity contribution in [1.29, 1.82) is 0 Å². The van der Waals surface area contributed by atoms with Gasteiger partial charge in [0, 0.05) is 31.9 Å². The Morgan fingerprint density at radius 3 is 2.58 bits per heavy atom. The van der Waals surface area contributed by atoms with Gasteiger partial charge in [-0.05, 0) is 25.5 Å². The summed E-state index contributed by atoms with van der Waals surface area (Å²) in [6.07, 6.45) is 2.01. The third-order valence-corrected chi connectivity index (χ3v) is 2.84. The van der Waals surface area contributed by atoms with E-state index in [1.165, 1.54) is 0 Å². The van der Waals surface area contributed by atoms with Gasteiger partial charge in [-0.15, -0.1) is 0 Å². The topological polar surface area (TPSA) is 39.7 Å². The normalized spacial score (nSPS) is 10.5. The first-order chi connectivity index (χ1) is 9.31. The Balaban J connectivity index is 2.55. The van der Waals surface area contributed by atoms with Crippen LogP contribution in [0.15, 0.2) is 18.2 Å². The van der Waals surface area contributed by atoms with E-state index in [1.54, 1.807) is 14.2 Å². The van der Waals surface area contributed by atoms with Crippen molar-refractivity contribution in [1.82, 2.24) is 5.32 Å². The van der Waals surface area contributed by atoms with Gasteiger partial charge in [0.1, 0.15) is 11.5 Å². The zero-order valence-corrected chi connectivity index (χ0v) is 12.2. The van der Waals surface area contributed by atoms with Gasteiger partial charge in [0.25, 0.3) is 0 Å². The predicted octanol–water partition coefficient (Wildman–Crippen LogP) is 2.61. The van der Waals surface area contributed by atoms with Crippen molar-refractivity contribution in [3.8, 4) is 11.5 Å². The molecule has 1 N–H and O–H groups in total. The molecule has 0 bridgehead atoms. The highest BCUT2D eigenvalue weighted by Gasteiger charge is 2.05. The van der Waals surface area contributed by atoms with Crippen molar-refractivity contribution in [2.24, 2.45) is 0 Å². The van der Waals surface area contributed by atoms with Crippen LogP contribution in [-0.4, -0.2) is 34.0 Å². The summed E-state index contributed by atoms with van der Waals surface area (Å²) >= 11 is 0. The molecular weight excluding hydrogens is 242 g/mol. The highest BCUT2D eigenvalue weighted by molar-refractivity contribution is 5.40. The van der Waals surface area contributed by atoms with Crippen LogP contribution in [-0.2, 0) is 11.3 Å². The van der Waals surface area contributed by atoms with E-state index in [1.807, 2.05) is 18.2 Å². The monoisotopic (exact) mass is 267 g/mol. The molecule has 108 valence electrons. The highest BCUT2D eigenvalue weighted by atomic mass is 16.5. The number of rotatable bonds is 10. The lowest BCUT2D eigenvalue weighted by molar-refractivity contribution is 0.184. The van der Waals surface area contributed by atoms with Crippen molar-refractivity contribution in [2.45, 2.75) is 26.3 Å². The lowest BCUT2D eigenvalue weighted by Gasteiger charge is -2.13. The van der Waals surface area contributed by atoms with E-state index in [2.05, 4.69) is 12.2 Å². The van der Waals surface area contributed by atoms with Crippen LogP contribution in [0.5, 0.6) is 11.5 Å². The number of unbranched alkanes of at least 4 members (excludes halogenated alkanes) is 1. The molecule has 0 saturated carbocycles. The van der Waals surface area contributed by atoms with Gasteiger partial charge in [0.05, 0.1) is 13.7 Å². The number of nitrogens with one attached hydrogen (secondary N) is 1. The second kappa shape index (κ2) is 9.64. The maximum Gasteiger partial charge on any atom is 0.127 e. The first-order valence-electron chi connectivity index (χ1n) is 6.81. The van der Waals surface area contributed by atoms with E-state index < -0.39 is 0 Å². The minimum atomic E-state index is 0.704. The van der Waals surface area contributed by atoms with Crippen LogP contribution in [0.3, 0.4) is 0 Å². The zero-order chi connectivity index (χ0) is 13.9. The number of benzene rings is 1. The Morgan fingerprint density at radius 1 is 1.11 bits per heavy atom. The first kappa shape index (κ1) is 15.8. The van der Waals surface area contributed by atoms with Crippen LogP contribution in [0.4, 0.5) is 0 Å². The third-order valence-electron chi connectivity index (χ3n) is 2.84. The predicted molar refractivity (Wildman–Crippen MR) is 77.0 cm³/mol. The van der Waals surface area contributed by atoms with Gasteiger partial charge in [0.15, 0.2) is 0 Å². The minimum absolute atomic E-state index is 0.704. The third kappa shape index (κ3) is 5.94. The van der Waals surface area contributed by atoms with E-state index in [9.17, 15) is 0 Å². The Kier molecular flexibility index (Phi) is 8.02. The number of methoxy groups -OCH3 is 2. The number of hydrogen-bond acceptors (Lipinski definition) is 4. The molecule has 0 atom stereocenters. The molecule has 0 aromatic heterocycles. The van der Waals surface area contributed by atoms with E-state index >= 15 is 0 Å². The summed E-state index contributed by atoms with van der Waals surface area (Å²) in [5.41, 5.74) is 1.16. The molecule has 1 aromatic rings. The largest absolute Gasteiger partial charge is 0.497 e. The summed E-state index contributed by atoms with van der Waals surface area (Å²) < 4.78 is 16.1. The maximum atomic E-state index is 5.85. The number of ether oxygens (including phenoxy) is 3. The smallest absolute Gasteiger partial charge is 0.127 e. The van der Waals surface area contributed by atoms with Crippen LogP contribution in [0, 0.1) is 0 Å². The molecule has 0 radical (unpaired) electrons. The van der Waals surface area contributed by atoms with Gasteiger partial charge in [-0.3, -0.25) is 0 Å². The molecule has 0 heterocycles. The standard InChI is InChI=1S/C15H25NO3/c1-4-16-12-13-7-8-14(18-3)11-15(13)19-10-6-5-9-17-2/h7-8,11,16H,4-6,9-10,12H2,1-3H3. The van der Waals surface area contributed by atoms with Crippen LogP contribution >= 0.6 is 0 Å². The highest BCUT2D eigenvalue weighted by Crippen LogP contribution is 2.25.